The normalized spacial score (nSPS) is 14.0. The summed E-state index contributed by atoms with van der Waals surface area (Å²) >= 11 is 1.68. The first-order chi connectivity index (χ1) is 10.7. The van der Waals surface area contributed by atoms with E-state index < -0.39 is 0 Å². The number of aromatic nitrogens is 3. The Kier molecular flexibility index (Phi) is 6.09. The number of rotatable bonds is 8. The molecule has 0 saturated heterocycles. The third kappa shape index (κ3) is 3.92. The first-order valence-electron chi connectivity index (χ1n) is 7.55. The van der Waals surface area contributed by atoms with E-state index in [2.05, 4.69) is 51.0 Å². The monoisotopic (exact) mass is 321 g/mol. The van der Waals surface area contributed by atoms with Gasteiger partial charge in [-0.2, -0.15) is 16.4 Å². The summed E-state index contributed by atoms with van der Waals surface area (Å²) in [6.07, 6.45) is 3.00. The maximum absolute atomic E-state index is 12.3. The second kappa shape index (κ2) is 8.05. The third-order valence-corrected chi connectivity index (χ3v) is 4.57. The molecule has 22 heavy (non-hydrogen) atoms. The van der Waals surface area contributed by atoms with Gasteiger partial charge in [-0.25, -0.2) is 9.67 Å². The molecule has 0 aliphatic carbocycles. The van der Waals surface area contributed by atoms with E-state index in [1.807, 2.05) is 6.92 Å². The number of nitrogens with zero attached hydrogens (tertiary/aromatic N) is 4. The van der Waals surface area contributed by atoms with Gasteiger partial charge in [0.15, 0.2) is 0 Å². The van der Waals surface area contributed by atoms with Crippen molar-refractivity contribution in [2.24, 2.45) is 0 Å². The Bertz CT molecular complexity index is 551. The van der Waals surface area contributed by atoms with E-state index in [9.17, 15) is 4.79 Å². The number of amides is 1. The third-order valence-electron chi connectivity index (χ3n) is 3.86. The summed E-state index contributed by atoms with van der Waals surface area (Å²) in [5.41, 5.74) is 1.25. The van der Waals surface area contributed by atoms with Crippen LogP contribution in [0.2, 0.25) is 0 Å². The Morgan fingerprint density at radius 2 is 2.23 bits per heavy atom. The fraction of sp³-hybridized carbons (Fsp3) is 0.533. The van der Waals surface area contributed by atoms with E-state index >= 15 is 0 Å². The summed E-state index contributed by atoms with van der Waals surface area (Å²) in [4.78, 5) is 18.5. The zero-order valence-electron chi connectivity index (χ0n) is 13.3. The molecule has 0 aliphatic heterocycles. The molecule has 2 aromatic rings. The van der Waals surface area contributed by atoms with Gasteiger partial charge in [-0.05, 0) is 42.4 Å². The smallest absolute Gasteiger partial charge is 0.244 e. The molecule has 120 valence electrons. The Morgan fingerprint density at radius 1 is 1.45 bits per heavy atom. The van der Waals surface area contributed by atoms with Crippen LogP contribution in [-0.4, -0.2) is 45.2 Å². The van der Waals surface area contributed by atoms with Gasteiger partial charge in [0, 0.05) is 6.54 Å². The van der Waals surface area contributed by atoms with Crippen LogP contribution in [-0.2, 0) is 4.79 Å². The first-order valence-corrected chi connectivity index (χ1v) is 8.49. The highest BCUT2D eigenvalue weighted by Gasteiger charge is 2.21. The zero-order valence-corrected chi connectivity index (χ0v) is 14.1. The topological polar surface area (TPSA) is 63.1 Å². The molecule has 0 spiro atoms. The van der Waals surface area contributed by atoms with Crippen molar-refractivity contribution in [3.8, 4) is 0 Å². The molecule has 6 nitrogen and oxygen atoms in total. The standard InChI is InChI=1S/C15H23N5OS/c1-4-19(5-2)14(13-6-7-22-9-13)8-17-15(21)12(3)20-11-16-10-18-20/h6-7,9-12,14H,4-5,8H2,1-3H3,(H,17,21)/t12-,14-/m1/s1. The molecule has 2 heterocycles. The lowest BCUT2D eigenvalue weighted by atomic mass is 10.1. The summed E-state index contributed by atoms with van der Waals surface area (Å²) in [5.74, 6) is -0.0436. The summed E-state index contributed by atoms with van der Waals surface area (Å²) in [6.45, 7) is 8.60. The minimum absolute atomic E-state index is 0.0436. The number of nitrogens with one attached hydrogen (secondary N) is 1. The molecule has 2 aromatic heterocycles. The summed E-state index contributed by atoms with van der Waals surface area (Å²) in [5, 5.41) is 11.3. The van der Waals surface area contributed by atoms with Gasteiger partial charge in [0.05, 0.1) is 6.04 Å². The average Bonchev–Trinajstić information content (AvgIpc) is 3.23. The Labute approximate surface area is 135 Å². The summed E-state index contributed by atoms with van der Waals surface area (Å²) in [7, 11) is 0. The minimum Gasteiger partial charge on any atom is -0.352 e. The van der Waals surface area contributed by atoms with Crippen molar-refractivity contribution in [2.45, 2.75) is 32.9 Å². The second-order valence-corrected chi connectivity index (χ2v) is 5.87. The number of carbonyl (C=O) groups excluding carboxylic acids is 1. The van der Waals surface area contributed by atoms with Crippen LogP contribution >= 0.6 is 11.3 Å². The van der Waals surface area contributed by atoms with E-state index in [1.165, 1.54) is 11.9 Å². The SMILES string of the molecule is CCN(CC)[C@H](CNC(=O)[C@@H](C)n1cncn1)c1ccsc1. The zero-order chi connectivity index (χ0) is 15.9. The Balaban J connectivity index is 2.00. The molecule has 0 saturated carbocycles. The number of thiophene rings is 1. The summed E-state index contributed by atoms with van der Waals surface area (Å²) < 4.78 is 1.56. The first kappa shape index (κ1) is 16.6. The lowest BCUT2D eigenvalue weighted by molar-refractivity contribution is -0.124. The molecule has 7 heteroatoms. The molecule has 1 N–H and O–H groups in total. The van der Waals surface area contributed by atoms with Gasteiger partial charge >= 0.3 is 0 Å². The van der Waals surface area contributed by atoms with Crippen molar-refractivity contribution in [3.05, 3.63) is 35.0 Å². The minimum atomic E-state index is -0.359. The van der Waals surface area contributed by atoms with Crippen molar-refractivity contribution in [2.75, 3.05) is 19.6 Å². The van der Waals surface area contributed by atoms with Crippen molar-refractivity contribution in [1.29, 1.82) is 0 Å². The quantitative estimate of drug-likeness (QED) is 0.809. The van der Waals surface area contributed by atoms with Crippen LogP contribution in [0.3, 0.4) is 0 Å². The molecule has 0 bridgehead atoms. The molecular formula is C15H23N5OS. The van der Waals surface area contributed by atoms with Gasteiger partial charge in [-0.3, -0.25) is 9.69 Å². The molecule has 0 unspecified atom stereocenters. The summed E-state index contributed by atoms with van der Waals surface area (Å²) in [6, 6.07) is 1.97. The maximum Gasteiger partial charge on any atom is 0.244 e. The number of likely N-dealkylation sites (N-methyl/N-ethyl adjacent to an activating group) is 1. The van der Waals surface area contributed by atoms with Gasteiger partial charge in [-0.15, -0.1) is 0 Å². The van der Waals surface area contributed by atoms with E-state index in [0.29, 0.717) is 6.54 Å². The van der Waals surface area contributed by atoms with Crippen LogP contribution in [0.1, 0.15) is 38.4 Å². The fourth-order valence-electron chi connectivity index (χ4n) is 2.47. The van der Waals surface area contributed by atoms with E-state index in [-0.39, 0.29) is 18.0 Å². The van der Waals surface area contributed by atoms with E-state index in [0.717, 1.165) is 13.1 Å². The lowest BCUT2D eigenvalue weighted by Crippen LogP contribution is -2.40. The highest BCUT2D eigenvalue weighted by molar-refractivity contribution is 7.07. The fourth-order valence-corrected chi connectivity index (χ4v) is 3.18. The average molecular weight is 321 g/mol. The van der Waals surface area contributed by atoms with Crippen molar-refractivity contribution in [1.82, 2.24) is 25.0 Å². The molecule has 2 rings (SSSR count). The number of hydrogen-bond donors (Lipinski definition) is 1. The van der Waals surface area contributed by atoms with Crippen LogP contribution in [0.25, 0.3) is 0 Å². The molecule has 2 atom stereocenters. The van der Waals surface area contributed by atoms with Gasteiger partial charge in [0.25, 0.3) is 0 Å². The van der Waals surface area contributed by atoms with Crippen molar-refractivity contribution < 1.29 is 4.79 Å². The van der Waals surface area contributed by atoms with E-state index in [4.69, 9.17) is 0 Å². The van der Waals surface area contributed by atoms with Gasteiger partial charge in [-0.1, -0.05) is 13.8 Å². The van der Waals surface area contributed by atoms with Crippen molar-refractivity contribution >= 4 is 17.2 Å². The van der Waals surface area contributed by atoms with Crippen LogP contribution in [0.5, 0.6) is 0 Å². The maximum atomic E-state index is 12.3. The van der Waals surface area contributed by atoms with E-state index in [1.54, 1.807) is 22.3 Å². The predicted molar refractivity (Wildman–Crippen MR) is 87.7 cm³/mol. The lowest BCUT2D eigenvalue weighted by Gasteiger charge is -2.29. The van der Waals surface area contributed by atoms with Crippen LogP contribution < -0.4 is 5.32 Å². The van der Waals surface area contributed by atoms with Crippen LogP contribution in [0, 0.1) is 0 Å². The highest BCUT2D eigenvalue weighted by atomic mass is 32.1. The Hall–Kier alpha value is -1.73. The Morgan fingerprint density at radius 3 is 2.77 bits per heavy atom. The highest BCUT2D eigenvalue weighted by Crippen LogP contribution is 2.22. The van der Waals surface area contributed by atoms with Crippen LogP contribution in [0.4, 0.5) is 0 Å². The van der Waals surface area contributed by atoms with Gasteiger partial charge < -0.3 is 5.32 Å². The molecular weight excluding hydrogens is 298 g/mol. The molecule has 0 aromatic carbocycles. The molecule has 0 aliphatic rings. The molecule has 0 radical (unpaired) electrons. The van der Waals surface area contributed by atoms with Gasteiger partial charge in [0.1, 0.15) is 18.7 Å². The van der Waals surface area contributed by atoms with Crippen LogP contribution in [0.15, 0.2) is 29.5 Å². The molecule has 0 fully saturated rings. The predicted octanol–water partition coefficient (Wildman–Crippen LogP) is 2.10. The largest absolute Gasteiger partial charge is 0.352 e. The van der Waals surface area contributed by atoms with Crippen molar-refractivity contribution in [3.63, 3.8) is 0 Å². The molecule has 1 amide bonds. The number of hydrogen-bond acceptors (Lipinski definition) is 5. The van der Waals surface area contributed by atoms with Gasteiger partial charge in [0.2, 0.25) is 5.91 Å². The number of carbonyl (C=O) groups is 1. The second-order valence-electron chi connectivity index (χ2n) is 5.09.